The number of aliphatic hydroxyl groups excluding tert-OH is 5. The maximum absolute atomic E-state index is 10.6. The molecule has 4 rings (SSSR count). The minimum absolute atomic E-state index is 0.0809. The maximum atomic E-state index is 10.6. The van der Waals surface area contributed by atoms with Gasteiger partial charge in [0.1, 0.15) is 24.4 Å². The second kappa shape index (κ2) is 12.0. The summed E-state index contributed by atoms with van der Waals surface area (Å²) in [5.74, 6) is -0.905. The Morgan fingerprint density at radius 1 is 0.868 bits per heavy atom. The van der Waals surface area contributed by atoms with Gasteiger partial charge in [-0.25, -0.2) is 0 Å². The number of phenols is 2. The summed E-state index contributed by atoms with van der Waals surface area (Å²) in [5, 5.41) is 71.7. The normalized spacial score (nSPS) is 32.2. The van der Waals surface area contributed by atoms with E-state index >= 15 is 0 Å². The molecule has 0 bridgehead atoms. The number of rotatable bonds is 9. The van der Waals surface area contributed by atoms with E-state index in [9.17, 15) is 35.7 Å². The van der Waals surface area contributed by atoms with E-state index < -0.39 is 61.4 Å². The summed E-state index contributed by atoms with van der Waals surface area (Å²) in [4.78, 5) is 0. The minimum Gasteiger partial charge on any atom is -0.504 e. The Labute approximate surface area is 219 Å². The van der Waals surface area contributed by atoms with E-state index in [1.54, 1.807) is 18.2 Å². The van der Waals surface area contributed by atoms with Crippen LogP contribution in [-0.4, -0.2) is 100 Å². The van der Waals surface area contributed by atoms with E-state index in [-0.39, 0.29) is 36.2 Å². The third kappa shape index (κ3) is 5.40. The van der Waals surface area contributed by atoms with Gasteiger partial charge in [0, 0.05) is 18.4 Å². The average Bonchev–Trinajstić information content (AvgIpc) is 3.35. The Morgan fingerprint density at radius 3 is 2.11 bits per heavy atom. The van der Waals surface area contributed by atoms with Crippen LogP contribution in [0.15, 0.2) is 36.4 Å². The molecule has 0 aliphatic carbocycles. The maximum Gasteiger partial charge on any atom is 0.187 e. The molecule has 0 spiro atoms. The van der Waals surface area contributed by atoms with Gasteiger partial charge in [0.25, 0.3) is 0 Å². The molecule has 0 amide bonds. The summed E-state index contributed by atoms with van der Waals surface area (Å²) in [6.45, 7) is -0.885. The van der Waals surface area contributed by atoms with Gasteiger partial charge in [0.15, 0.2) is 29.3 Å². The zero-order valence-electron chi connectivity index (χ0n) is 21.0. The average molecular weight is 539 g/mol. The zero-order valence-corrected chi connectivity index (χ0v) is 21.0. The third-order valence-corrected chi connectivity index (χ3v) is 7.20. The first-order valence-corrected chi connectivity index (χ1v) is 12.2. The van der Waals surface area contributed by atoms with E-state index in [2.05, 4.69) is 0 Å². The van der Waals surface area contributed by atoms with Gasteiger partial charge in [-0.15, -0.1) is 0 Å². The Kier molecular flexibility index (Phi) is 8.96. The van der Waals surface area contributed by atoms with Gasteiger partial charge in [-0.05, 0) is 35.4 Å². The summed E-state index contributed by atoms with van der Waals surface area (Å²) < 4.78 is 28.0. The van der Waals surface area contributed by atoms with Crippen molar-refractivity contribution in [2.75, 3.05) is 34.0 Å². The van der Waals surface area contributed by atoms with E-state index in [1.807, 2.05) is 0 Å². The number of hydrogen-bond donors (Lipinski definition) is 7. The highest BCUT2D eigenvalue weighted by Crippen LogP contribution is 2.48. The van der Waals surface area contributed by atoms with Crippen molar-refractivity contribution in [1.82, 2.24) is 0 Å². The summed E-state index contributed by atoms with van der Waals surface area (Å²) in [5.41, 5.74) is 1.03. The number of hydrogen-bond acceptors (Lipinski definition) is 12. The molecule has 7 N–H and O–H groups in total. The van der Waals surface area contributed by atoms with Gasteiger partial charge in [0.05, 0.1) is 39.6 Å². The van der Waals surface area contributed by atoms with Crippen LogP contribution in [-0.2, 0) is 14.2 Å². The molecular formula is C26H34O12. The molecule has 2 aromatic carbocycles. The molecule has 2 aromatic rings. The number of ether oxygens (including phenoxy) is 5. The molecule has 38 heavy (non-hydrogen) atoms. The standard InChI is InChI=1S/C26H34O12/c1-34-18-5-3-12(7-16(18)29)24-14(9-27)15(11-36-24)25(13-4-6-19(35-2)17(30)8-13)38-26-23(33)22(32)21(31)20(10-28)37-26/h3-8,14-15,20-33H,9-11H2,1-2H3/t14-,15-,20+,21+,22+,23+,24-,25+,26-/m0/s1. The molecule has 0 unspecified atom stereocenters. The SMILES string of the molecule is COc1ccc([C@@H](O[C@@H]2O[C@H](CO)[C@@H](O)[C@@H](O)[C@H]2O)[C@H]2CO[C@@H](c3ccc(OC)c(O)c3)[C@H]2CO)cc1O. The molecule has 2 aliphatic heterocycles. The number of benzene rings is 2. The molecule has 0 saturated carbocycles. The zero-order chi connectivity index (χ0) is 27.6. The fourth-order valence-electron chi connectivity index (χ4n) is 5.09. The summed E-state index contributed by atoms with van der Waals surface area (Å²) in [7, 11) is 2.83. The third-order valence-electron chi connectivity index (χ3n) is 7.20. The van der Waals surface area contributed by atoms with Crippen LogP contribution in [0.4, 0.5) is 0 Å². The second-order valence-corrected chi connectivity index (χ2v) is 9.38. The first-order valence-electron chi connectivity index (χ1n) is 12.2. The fourth-order valence-corrected chi connectivity index (χ4v) is 5.09. The molecule has 12 heteroatoms. The Hall–Kier alpha value is -2.68. The van der Waals surface area contributed by atoms with Crippen LogP contribution < -0.4 is 9.47 Å². The van der Waals surface area contributed by atoms with Crippen molar-refractivity contribution < 1.29 is 59.4 Å². The molecule has 0 radical (unpaired) electrons. The predicted octanol–water partition coefficient (Wildman–Crippen LogP) is -0.0312. The fraction of sp³-hybridized carbons (Fsp3) is 0.538. The van der Waals surface area contributed by atoms with Gasteiger partial charge < -0.3 is 59.4 Å². The number of aromatic hydroxyl groups is 2. The molecule has 2 fully saturated rings. The highest BCUT2D eigenvalue weighted by atomic mass is 16.7. The van der Waals surface area contributed by atoms with Gasteiger partial charge in [-0.2, -0.15) is 0 Å². The lowest BCUT2D eigenvalue weighted by Crippen LogP contribution is -2.59. The molecule has 12 nitrogen and oxygen atoms in total. The number of methoxy groups -OCH3 is 2. The molecule has 2 heterocycles. The van der Waals surface area contributed by atoms with Gasteiger partial charge >= 0.3 is 0 Å². The molecule has 2 saturated heterocycles. The summed E-state index contributed by atoms with van der Waals surface area (Å²) in [6.07, 6.45) is -9.14. The smallest absolute Gasteiger partial charge is 0.187 e. The van der Waals surface area contributed by atoms with Crippen LogP contribution in [0.25, 0.3) is 0 Å². The predicted molar refractivity (Wildman–Crippen MR) is 130 cm³/mol. The second-order valence-electron chi connectivity index (χ2n) is 9.38. The first kappa shape index (κ1) is 28.3. The monoisotopic (exact) mass is 538 g/mol. The minimum atomic E-state index is -1.66. The van der Waals surface area contributed by atoms with Crippen LogP contribution in [0.2, 0.25) is 0 Å². The molecular weight excluding hydrogens is 504 g/mol. The van der Waals surface area contributed by atoms with Crippen molar-refractivity contribution in [2.45, 2.75) is 42.9 Å². The number of phenolic OH excluding ortho intramolecular Hbond substituents is 2. The Morgan fingerprint density at radius 2 is 1.53 bits per heavy atom. The Bertz CT molecular complexity index is 1080. The van der Waals surface area contributed by atoms with Crippen molar-refractivity contribution in [1.29, 1.82) is 0 Å². The quantitative estimate of drug-likeness (QED) is 0.226. The van der Waals surface area contributed by atoms with E-state index in [4.69, 9.17) is 23.7 Å². The highest BCUT2D eigenvalue weighted by molar-refractivity contribution is 5.44. The lowest BCUT2D eigenvalue weighted by Gasteiger charge is -2.42. The van der Waals surface area contributed by atoms with E-state index in [0.717, 1.165) is 0 Å². The molecule has 9 atom stereocenters. The van der Waals surface area contributed by atoms with Crippen molar-refractivity contribution in [3.05, 3.63) is 47.5 Å². The highest BCUT2D eigenvalue weighted by Gasteiger charge is 2.48. The lowest BCUT2D eigenvalue weighted by molar-refractivity contribution is -0.317. The topological polar surface area (TPSA) is 188 Å². The van der Waals surface area contributed by atoms with Crippen LogP contribution in [0, 0.1) is 11.8 Å². The largest absolute Gasteiger partial charge is 0.504 e. The number of aliphatic hydroxyl groups is 5. The molecule has 0 aromatic heterocycles. The first-order chi connectivity index (χ1) is 18.2. The van der Waals surface area contributed by atoms with Crippen LogP contribution in [0.1, 0.15) is 23.3 Å². The van der Waals surface area contributed by atoms with E-state index in [1.165, 1.54) is 32.4 Å². The van der Waals surface area contributed by atoms with Crippen molar-refractivity contribution in [3.63, 3.8) is 0 Å². The van der Waals surface area contributed by atoms with Crippen molar-refractivity contribution in [3.8, 4) is 23.0 Å². The molecule has 2 aliphatic rings. The summed E-state index contributed by atoms with van der Waals surface area (Å²) >= 11 is 0. The van der Waals surface area contributed by atoms with Gasteiger partial charge in [0.2, 0.25) is 0 Å². The van der Waals surface area contributed by atoms with Crippen LogP contribution in [0.5, 0.6) is 23.0 Å². The van der Waals surface area contributed by atoms with Crippen LogP contribution >= 0.6 is 0 Å². The lowest BCUT2D eigenvalue weighted by atomic mass is 9.82. The molecule has 210 valence electrons. The van der Waals surface area contributed by atoms with E-state index in [0.29, 0.717) is 11.1 Å². The Balaban J connectivity index is 1.68. The van der Waals surface area contributed by atoms with Gasteiger partial charge in [-0.3, -0.25) is 0 Å². The van der Waals surface area contributed by atoms with Gasteiger partial charge in [-0.1, -0.05) is 12.1 Å². The van der Waals surface area contributed by atoms with Crippen molar-refractivity contribution in [2.24, 2.45) is 11.8 Å². The van der Waals surface area contributed by atoms with Crippen molar-refractivity contribution >= 4 is 0 Å². The summed E-state index contributed by atoms with van der Waals surface area (Å²) in [6, 6.07) is 9.35. The van der Waals surface area contributed by atoms with Crippen LogP contribution in [0.3, 0.4) is 0 Å².